The van der Waals surface area contributed by atoms with Gasteiger partial charge in [0, 0.05) is 25.0 Å². The van der Waals surface area contributed by atoms with Crippen molar-refractivity contribution < 1.29 is 5.11 Å². The summed E-state index contributed by atoms with van der Waals surface area (Å²) < 4.78 is 0. The minimum absolute atomic E-state index is 0.194. The van der Waals surface area contributed by atoms with Crippen LogP contribution in [0.1, 0.15) is 39.2 Å². The third kappa shape index (κ3) is 3.54. The van der Waals surface area contributed by atoms with Crippen molar-refractivity contribution in [3.63, 3.8) is 0 Å². The predicted molar refractivity (Wildman–Crippen MR) is 77.7 cm³/mol. The molecule has 1 heterocycles. The molecule has 3 nitrogen and oxygen atoms in total. The molecule has 4 unspecified atom stereocenters. The van der Waals surface area contributed by atoms with Gasteiger partial charge in [-0.3, -0.25) is 9.88 Å². The molecule has 0 amide bonds. The minimum Gasteiger partial charge on any atom is -0.391 e. The molecule has 0 radical (unpaired) electrons. The molecule has 1 N–H and O–H groups in total. The Balaban J connectivity index is 2.08. The maximum Gasteiger partial charge on any atom is 0.0700 e. The number of hydrogen-bond acceptors (Lipinski definition) is 3. The van der Waals surface area contributed by atoms with E-state index >= 15 is 0 Å². The lowest BCUT2D eigenvalue weighted by molar-refractivity contribution is -0.0259. The van der Waals surface area contributed by atoms with Gasteiger partial charge in [0.25, 0.3) is 0 Å². The highest BCUT2D eigenvalue weighted by Gasteiger charge is 2.36. The fourth-order valence-electron chi connectivity index (χ4n) is 3.56. The van der Waals surface area contributed by atoms with E-state index in [-0.39, 0.29) is 12.1 Å². The van der Waals surface area contributed by atoms with E-state index in [1.165, 1.54) is 12.0 Å². The van der Waals surface area contributed by atoms with Crippen LogP contribution < -0.4 is 0 Å². The molecule has 0 bridgehead atoms. The summed E-state index contributed by atoms with van der Waals surface area (Å²) >= 11 is 0. The molecule has 1 aromatic heterocycles. The van der Waals surface area contributed by atoms with E-state index in [0.717, 1.165) is 19.5 Å². The minimum atomic E-state index is -0.194. The average molecular weight is 262 g/mol. The summed E-state index contributed by atoms with van der Waals surface area (Å²) in [6, 6.07) is 4.41. The number of hydrogen-bond donors (Lipinski definition) is 1. The molecule has 1 aliphatic rings. The lowest BCUT2D eigenvalue weighted by Crippen LogP contribution is -2.50. The van der Waals surface area contributed by atoms with Crippen molar-refractivity contribution in [1.82, 2.24) is 9.88 Å². The van der Waals surface area contributed by atoms with Crippen molar-refractivity contribution in [2.24, 2.45) is 11.8 Å². The first-order chi connectivity index (χ1) is 9.11. The Hall–Kier alpha value is -0.930. The Bertz CT molecular complexity index is 370. The average Bonchev–Trinajstić information content (AvgIpc) is 2.37. The summed E-state index contributed by atoms with van der Waals surface area (Å²) in [4.78, 5) is 6.48. The second kappa shape index (κ2) is 6.49. The molecule has 19 heavy (non-hydrogen) atoms. The van der Waals surface area contributed by atoms with Gasteiger partial charge in [0.2, 0.25) is 0 Å². The zero-order chi connectivity index (χ0) is 13.8. The third-order valence-corrected chi connectivity index (χ3v) is 4.36. The number of nitrogens with zero attached hydrogens (tertiary/aromatic N) is 2. The zero-order valence-corrected chi connectivity index (χ0v) is 12.3. The van der Waals surface area contributed by atoms with Crippen molar-refractivity contribution in [2.75, 3.05) is 6.54 Å². The molecule has 0 aliphatic heterocycles. The van der Waals surface area contributed by atoms with Gasteiger partial charge in [-0.1, -0.05) is 20.8 Å². The molecule has 4 atom stereocenters. The number of likely N-dealkylation sites (N-methyl/N-ethyl adjacent to an activating group) is 1. The van der Waals surface area contributed by atoms with Crippen LogP contribution in [0, 0.1) is 11.8 Å². The van der Waals surface area contributed by atoms with Crippen LogP contribution >= 0.6 is 0 Å². The Morgan fingerprint density at radius 1 is 1.26 bits per heavy atom. The van der Waals surface area contributed by atoms with Crippen molar-refractivity contribution in [2.45, 2.75) is 52.3 Å². The molecule has 0 spiro atoms. The van der Waals surface area contributed by atoms with Crippen LogP contribution in [0.3, 0.4) is 0 Å². The number of rotatable bonds is 4. The van der Waals surface area contributed by atoms with E-state index in [4.69, 9.17) is 0 Å². The first kappa shape index (κ1) is 14.5. The molecule has 0 aromatic carbocycles. The summed E-state index contributed by atoms with van der Waals surface area (Å²) in [7, 11) is 0. The van der Waals surface area contributed by atoms with Gasteiger partial charge in [0.05, 0.1) is 6.10 Å². The fourth-order valence-corrected chi connectivity index (χ4v) is 3.56. The van der Waals surface area contributed by atoms with E-state index in [1.807, 2.05) is 12.4 Å². The molecule has 0 saturated heterocycles. The largest absolute Gasteiger partial charge is 0.391 e. The Labute approximate surface area is 116 Å². The first-order valence-corrected chi connectivity index (χ1v) is 7.42. The zero-order valence-electron chi connectivity index (χ0n) is 12.3. The highest BCUT2D eigenvalue weighted by Crippen LogP contribution is 2.32. The molecular weight excluding hydrogens is 236 g/mol. The normalized spacial score (nSPS) is 31.6. The van der Waals surface area contributed by atoms with Crippen LogP contribution in [0.25, 0.3) is 0 Å². The second-order valence-electron chi connectivity index (χ2n) is 6.03. The van der Waals surface area contributed by atoms with Crippen molar-refractivity contribution in [3.8, 4) is 0 Å². The summed E-state index contributed by atoms with van der Waals surface area (Å²) in [5.41, 5.74) is 1.27. The van der Waals surface area contributed by atoms with E-state index in [2.05, 4.69) is 42.8 Å². The molecule has 3 heteroatoms. The lowest BCUT2D eigenvalue weighted by Gasteiger charge is -2.43. The standard InChI is InChI=1S/C16H26N2O/c1-4-18(11-14-5-7-17-8-6-14)16-13(3)9-12(2)10-15(16)19/h5-8,12-13,15-16,19H,4,9-11H2,1-3H3. The predicted octanol–water partition coefficient (Wildman–Crippen LogP) is 2.70. The number of aliphatic hydroxyl groups is 1. The van der Waals surface area contributed by atoms with Gasteiger partial charge < -0.3 is 5.11 Å². The highest BCUT2D eigenvalue weighted by atomic mass is 16.3. The van der Waals surface area contributed by atoms with Gasteiger partial charge in [0.15, 0.2) is 0 Å². The lowest BCUT2D eigenvalue weighted by atomic mass is 9.77. The number of aromatic nitrogens is 1. The van der Waals surface area contributed by atoms with Crippen LogP contribution in [-0.2, 0) is 6.54 Å². The van der Waals surface area contributed by atoms with Crippen LogP contribution in [0.4, 0.5) is 0 Å². The summed E-state index contributed by atoms with van der Waals surface area (Å²) in [6.45, 7) is 8.58. The molecule has 1 fully saturated rings. The van der Waals surface area contributed by atoms with Crippen LogP contribution in [0.15, 0.2) is 24.5 Å². The number of pyridine rings is 1. The van der Waals surface area contributed by atoms with Gasteiger partial charge in [-0.25, -0.2) is 0 Å². The van der Waals surface area contributed by atoms with E-state index in [9.17, 15) is 5.11 Å². The van der Waals surface area contributed by atoms with Crippen molar-refractivity contribution in [1.29, 1.82) is 0 Å². The first-order valence-electron chi connectivity index (χ1n) is 7.42. The van der Waals surface area contributed by atoms with Crippen molar-refractivity contribution >= 4 is 0 Å². The SMILES string of the molecule is CCN(Cc1ccncc1)C1C(C)CC(C)CC1O. The van der Waals surface area contributed by atoms with Gasteiger partial charge in [-0.15, -0.1) is 0 Å². The van der Waals surface area contributed by atoms with Crippen LogP contribution in [0.2, 0.25) is 0 Å². The Kier molecular flexibility index (Phi) is 4.94. The molecule has 2 rings (SSSR count). The quantitative estimate of drug-likeness (QED) is 0.906. The third-order valence-electron chi connectivity index (χ3n) is 4.36. The summed E-state index contributed by atoms with van der Waals surface area (Å²) in [5, 5.41) is 10.4. The smallest absolute Gasteiger partial charge is 0.0700 e. The van der Waals surface area contributed by atoms with Gasteiger partial charge in [0.1, 0.15) is 0 Å². The fraction of sp³-hybridized carbons (Fsp3) is 0.688. The maximum atomic E-state index is 10.4. The number of aliphatic hydroxyl groups excluding tert-OH is 1. The van der Waals surface area contributed by atoms with E-state index in [0.29, 0.717) is 11.8 Å². The maximum absolute atomic E-state index is 10.4. The summed E-state index contributed by atoms with van der Waals surface area (Å²) in [6.07, 6.45) is 5.63. The molecule has 1 aliphatic carbocycles. The van der Waals surface area contributed by atoms with E-state index < -0.39 is 0 Å². The highest BCUT2D eigenvalue weighted by molar-refractivity contribution is 5.10. The van der Waals surface area contributed by atoms with Crippen molar-refractivity contribution in [3.05, 3.63) is 30.1 Å². The molecule has 1 saturated carbocycles. The summed E-state index contributed by atoms with van der Waals surface area (Å²) in [5.74, 6) is 1.20. The topological polar surface area (TPSA) is 36.4 Å². The van der Waals surface area contributed by atoms with Crippen LogP contribution in [0.5, 0.6) is 0 Å². The van der Waals surface area contributed by atoms with Gasteiger partial charge >= 0.3 is 0 Å². The Morgan fingerprint density at radius 3 is 2.53 bits per heavy atom. The second-order valence-corrected chi connectivity index (χ2v) is 6.03. The van der Waals surface area contributed by atoms with Gasteiger partial charge in [-0.05, 0) is 48.9 Å². The molecule has 106 valence electrons. The van der Waals surface area contributed by atoms with E-state index in [1.54, 1.807) is 0 Å². The Morgan fingerprint density at radius 2 is 1.95 bits per heavy atom. The monoisotopic (exact) mass is 262 g/mol. The molecular formula is C16H26N2O. The molecule has 1 aromatic rings. The van der Waals surface area contributed by atoms with Crippen LogP contribution in [-0.4, -0.2) is 33.7 Å². The van der Waals surface area contributed by atoms with Gasteiger partial charge in [-0.2, -0.15) is 0 Å².